The molecule has 0 aliphatic rings. The number of thiophene rings is 1. The molecule has 3 nitrogen and oxygen atoms in total. The number of aliphatic hydroxyl groups is 1. The van der Waals surface area contributed by atoms with E-state index in [1.165, 1.54) is 4.21 Å². The van der Waals surface area contributed by atoms with Gasteiger partial charge in [-0.2, -0.15) is 0 Å². The smallest absolute Gasteiger partial charge is 0.305 e. The molecule has 0 bridgehead atoms. The largest absolute Gasteiger partial charge is 0.481 e. The van der Waals surface area contributed by atoms with Crippen molar-refractivity contribution in [2.45, 2.75) is 23.2 Å². The van der Waals surface area contributed by atoms with E-state index >= 15 is 0 Å². The normalized spacial score (nSPS) is 12.6. The molecule has 0 aliphatic heterocycles. The van der Waals surface area contributed by atoms with E-state index in [1.54, 1.807) is 23.1 Å². The van der Waals surface area contributed by atoms with Gasteiger partial charge in [0.1, 0.15) is 0 Å². The van der Waals surface area contributed by atoms with E-state index in [0.717, 1.165) is 5.75 Å². The molecule has 0 aliphatic carbocycles. The first-order chi connectivity index (χ1) is 6.68. The van der Waals surface area contributed by atoms with Crippen LogP contribution in [0.15, 0.2) is 21.7 Å². The Bertz CT molecular complexity index is 272. The molecule has 1 heterocycles. The van der Waals surface area contributed by atoms with E-state index in [1.807, 2.05) is 17.5 Å². The second-order valence-corrected chi connectivity index (χ2v) is 5.16. The van der Waals surface area contributed by atoms with Gasteiger partial charge in [0.05, 0.1) is 16.7 Å². The third-order valence-corrected chi connectivity index (χ3v) is 3.76. The lowest BCUT2D eigenvalue weighted by atomic mass is 10.2. The number of hydrogen-bond donors (Lipinski definition) is 2. The summed E-state index contributed by atoms with van der Waals surface area (Å²) in [5.41, 5.74) is 0. The predicted octanol–water partition coefficient (Wildman–Crippen LogP) is 2.07. The zero-order valence-electron chi connectivity index (χ0n) is 7.55. The van der Waals surface area contributed by atoms with Crippen LogP contribution in [0.25, 0.3) is 0 Å². The molecule has 0 amide bonds. The molecular formula is C9H12O3S2. The highest BCUT2D eigenvalue weighted by molar-refractivity contribution is 8.01. The molecule has 2 N–H and O–H groups in total. The number of carboxylic acids is 1. The zero-order chi connectivity index (χ0) is 10.4. The summed E-state index contributed by atoms with van der Waals surface area (Å²) in [6.45, 7) is 0. The predicted molar refractivity (Wildman–Crippen MR) is 57.9 cm³/mol. The summed E-state index contributed by atoms with van der Waals surface area (Å²) < 4.78 is 1.20. The molecule has 0 saturated carbocycles. The van der Waals surface area contributed by atoms with Gasteiger partial charge in [0.15, 0.2) is 0 Å². The van der Waals surface area contributed by atoms with Crippen molar-refractivity contribution in [3.05, 3.63) is 17.5 Å². The van der Waals surface area contributed by atoms with E-state index in [-0.39, 0.29) is 6.42 Å². The SMILES string of the molecule is O=C(O)C[C@@H](O)CCSc1cccs1. The molecule has 5 heteroatoms. The molecule has 1 aromatic heterocycles. The van der Waals surface area contributed by atoms with Gasteiger partial charge in [-0.1, -0.05) is 6.07 Å². The highest BCUT2D eigenvalue weighted by Gasteiger charge is 2.09. The van der Waals surface area contributed by atoms with E-state index in [9.17, 15) is 9.90 Å². The Morgan fingerprint density at radius 3 is 3.00 bits per heavy atom. The van der Waals surface area contributed by atoms with Crippen LogP contribution in [0.1, 0.15) is 12.8 Å². The van der Waals surface area contributed by atoms with Crippen LogP contribution in [0.3, 0.4) is 0 Å². The van der Waals surface area contributed by atoms with Crippen LogP contribution in [0.4, 0.5) is 0 Å². The monoisotopic (exact) mass is 232 g/mol. The van der Waals surface area contributed by atoms with Crippen LogP contribution in [0.5, 0.6) is 0 Å². The minimum Gasteiger partial charge on any atom is -0.481 e. The Kier molecular flexibility index (Phi) is 5.00. The molecule has 0 unspecified atom stereocenters. The number of thioether (sulfide) groups is 1. The second kappa shape index (κ2) is 6.06. The average molecular weight is 232 g/mol. The molecule has 78 valence electrons. The van der Waals surface area contributed by atoms with Gasteiger partial charge in [-0.25, -0.2) is 0 Å². The highest BCUT2D eigenvalue weighted by Crippen LogP contribution is 2.24. The molecule has 0 saturated heterocycles. The van der Waals surface area contributed by atoms with Gasteiger partial charge in [0.25, 0.3) is 0 Å². The summed E-state index contributed by atoms with van der Waals surface area (Å²) in [6, 6.07) is 3.99. The van der Waals surface area contributed by atoms with E-state index in [2.05, 4.69) is 0 Å². The maximum absolute atomic E-state index is 10.2. The molecule has 14 heavy (non-hydrogen) atoms. The van der Waals surface area contributed by atoms with Gasteiger partial charge >= 0.3 is 5.97 Å². The minimum absolute atomic E-state index is 0.162. The van der Waals surface area contributed by atoms with Crippen molar-refractivity contribution in [3.8, 4) is 0 Å². The lowest BCUT2D eigenvalue weighted by Gasteiger charge is -2.05. The van der Waals surface area contributed by atoms with E-state index < -0.39 is 12.1 Å². The summed E-state index contributed by atoms with van der Waals surface area (Å²) in [5.74, 6) is -0.187. The van der Waals surface area contributed by atoms with Gasteiger partial charge in [0.2, 0.25) is 0 Å². The fraction of sp³-hybridized carbons (Fsp3) is 0.444. The van der Waals surface area contributed by atoms with Crippen molar-refractivity contribution in [1.29, 1.82) is 0 Å². The van der Waals surface area contributed by atoms with Crippen LogP contribution in [-0.4, -0.2) is 28.0 Å². The Morgan fingerprint density at radius 2 is 2.43 bits per heavy atom. The number of carboxylic acid groups (broad SMARTS) is 1. The minimum atomic E-state index is -0.946. The number of carbonyl (C=O) groups is 1. The zero-order valence-corrected chi connectivity index (χ0v) is 9.18. The van der Waals surface area contributed by atoms with Crippen LogP contribution >= 0.6 is 23.1 Å². The summed E-state index contributed by atoms with van der Waals surface area (Å²) >= 11 is 3.30. The van der Waals surface area contributed by atoms with Gasteiger partial charge in [0, 0.05) is 5.75 Å². The quantitative estimate of drug-likeness (QED) is 0.737. The van der Waals surface area contributed by atoms with E-state index in [0.29, 0.717) is 6.42 Å². The standard InChI is InChI=1S/C9H12O3S2/c10-7(6-8(11)12)3-5-14-9-2-1-4-13-9/h1-2,4,7,10H,3,5-6H2,(H,11,12)/t7-/m0/s1. The maximum atomic E-state index is 10.2. The molecule has 0 spiro atoms. The number of rotatable bonds is 6. The van der Waals surface area contributed by atoms with Crippen molar-refractivity contribution in [2.75, 3.05) is 5.75 Å². The van der Waals surface area contributed by atoms with Gasteiger partial charge in [-0.15, -0.1) is 23.1 Å². The third kappa shape index (κ3) is 4.64. The maximum Gasteiger partial charge on any atom is 0.305 e. The summed E-state index contributed by atoms with van der Waals surface area (Å²) in [6.07, 6.45) is -0.361. The topological polar surface area (TPSA) is 57.5 Å². The second-order valence-electron chi connectivity index (χ2n) is 2.82. The average Bonchev–Trinajstić information content (AvgIpc) is 2.55. The number of aliphatic hydroxyl groups excluding tert-OH is 1. The molecule has 0 fully saturated rings. The van der Waals surface area contributed by atoms with Gasteiger partial charge in [-0.05, 0) is 17.9 Å². The first kappa shape index (κ1) is 11.6. The first-order valence-electron chi connectivity index (χ1n) is 4.24. The first-order valence-corrected chi connectivity index (χ1v) is 6.11. The van der Waals surface area contributed by atoms with Crippen molar-refractivity contribution in [2.24, 2.45) is 0 Å². The lowest BCUT2D eigenvalue weighted by Crippen LogP contribution is -2.13. The lowest BCUT2D eigenvalue weighted by molar-refractivity contribution is -0.139. The van der Waals surface area contributed by atoms with Crippen LogP contribution in [0.2, 0.25) is 0 Å². The Balaban J connectivity index is 2.12. The Morgan fingerprint density at radius 1 is 1.64 bits per heavy atom. The fourth-order valence-electron chi connectivity index (χ4n) is 0.945. The Hall–Kier alpha value is -0.520. The van der Waals surface area contributed by atoms with Crippen LogP contribution in [-0.2, 0) is 4.79 Å². The molecule has 1 rings (SSSR count). The molecule has 0 aromatic carbocycles. The third-order valence-electron chi connectivity index (χ3n) is 1.60. The fourth-order valence-corrected chi connectivity index (χ4v) is 2.85. The van der Waals surface area contributed by atoms with Crippen molar-refractivity contribution < 1.29 is 15.0 Å². The molecule has 0 radical (unpaired) electrons. The van der Waals surface area contributed by atoms with Crippen molar-refractivity contribution in [3.63, 3.8) is 0 Å². The highest BCUT2D eigenvalue weighted by atomic mass is 32.2. The van der Waals surface area contributed by atoms with Crippen molar-refractivity contribution >= 4 is 29.1 Å². The van der Waals surface area contributed by atoms with Crippen molar-refractivity contribution in [1.82, 2.24) is 0 Å². The Labute approximate surface area is 90.8 Å². The van der Waals surface area contributed by atoms with E-state index in [4.69, 9.17) is 5.11 Å². The van der Waals surface area contributed by atoms with Gasteiger partial charge in [-0.3, -0.25) is 4.79 Å². The molecule has 1 atom stereocenters. The van der Waals surface area contributed by atoms with Crippen LogP contribution in [0, 0.1) is 0 Å². The van der Waals surface area contributed by atoms with Gasteiger partial charge < -0.3 is 10.2 Å². The molecular weight excluding hydrogens is 220 g/mol. The summed E-state index contributed by atoms with van der Waals surface area (Å²) in [7, 11) is 0. The molecule has 1 aromatic rings. The number of aliphatic carboxylic acids is 1. The summed E-state index contributed by atoms with van der Waals surface area (Å²) in [4.78, 5) is 10.2. The van der Waals surface area contributed by atoms with Crippen LogP contribution < -0.4 is 0 Å². The summed E-state index contributed by atoms with van der Waals surface area (Å²) in [5, 5.41) is 19.7. The number of hydrogen-bond acceptors (Lipinski definition) is 4.